The first-order valence-corrected chi connectivity index (χ1v) is 8.40. The Hall–Kier alpha value is -2.17. The normalized spacial score (nSPS) is 21.4. The summed E-state index contributed by atoms with van der Waals surface area (Å²) in [4.78, 5) is 12.7. The number of carbonyl (C=O) groups is 1. The lowest BCUT2D eigenvalue weighted by molar-refractivity contribution is -0.336. The Morgan fingerprint density at radius 3 is 1.93 bits per heavy atom. The van der Waals surface area contributed by atoms with E-state index < -0.39 is 47.2 Å². The molecule has 0 aromatic heterocycles. The molecule has 1 atom stereocenters. The van der Waals surface area contributed by atoms with Gasteiger partial charge < -0.3 is 5.11 Å². The van der Waals surface area contributed by atoms with E-state index in [4.69, 9.17) is 0 Å². The van der Waals surface area contributed by atoms with Crippen LogP contribution in [0.1, 0.15) is 43.1 Å². The van der Waals surface area contributed by atoms with Gasteiger partial charge in [-0.25, -0.2) is 0 Å². The molecule has 1 amide bonds. The fraction of sp³-hybridized carbons (Fsp3) is 0.556. The summed E-state index contributed by atoms with van der Waals surface area (Å²) in [6.45, 7) is 5.62. The van der Waals surface area contributed by atoms with Crippen molar-refractivity contribution < 1.29 is 40.6 Å². The average Bonchev–Trinajstić information content (AvgIpc) is 2.93. The van der Waals surface area contributed by atoms with E-state index in [0.717, 1.165) is 5.56 Å². The van der Waals surface area contributed by atoms with Crippen molar-refractivity contribution in [3.05, 3.63) is 35.4 Å². The zero-order valence-electron chi connectivity index (χ0n) is 15.9. The van der Waals surface area contributed by atoms with Gasteiger partial charge in [-0.1, -0.05) is 38.5 Å². The van der Waals surface area contributed by atoms with Gasteiger partial charge in [-0.2, -0.15) is 40.8 Å². The maximum atomic E-state index is 14.2. The van der Waals surface area contributed by atoms with Gasteiger partial charge in [-0.05, 0) is 19.1 Å². The summed E-state index contributed by atoms with van der Waals surface area (Å²) in [6.07, 6.45) is -7.94. The largest absolute Gasteiger partial charge is 0.460 e. The molecular formula is C18H19F7N2O2. The SMILES string of the molecule is Cc1ccc(C(=O)N2N=C(C(F)(F)C(F)(F)C(F)(F)F)C[C@@]2(O)C(C)(C)C)cc1. The Morgan fingerprint density at radius 1 is 1.03 bits per heavy atom. The summed E-state index contributed by atoms with van der Waals surface area (Å²) < 4.78 is 92.9. The van der Waals surface area contributed by atoms with Crippen LogP contribution in [0.25, 0.3) is 0 Å². The van der Waals surface area contributed by atoms with Crippen LogP contribution in [0.3, 0.4) is 0 Å². The number of hydrazone groups is 1. The number of carbonyl (C=O) groups excluding carboxylic acids is 1. The maximum absolute atomic E-state index is 14.2. The third kappa shape index (κ3) is 3.60. The number of amides is 1. The number of nitrogens with zero attached hydrogens (tertiary/aromatic N) is 2. The van der Waals surface area contributed by atoms with Crippen LogP contribution in [0.15, 0.2) is 29.4 Å². The highest BCUT2D eigenvalue weighted by Gasteiger charge is 2.76. The van der Waals surface area contributed by atoms with E-state index in [2.05, 4.69) is 5.10 Å². The zero-order chi connectivity index (χ0) is 22.6. The van der Waals surface area contributed by atoms with Gasteiger partial charge >= 0.3 is 18.0 Å². The second-order valence-electron chi connectivity index (χ2n) is 7.92. The quantitative estimate of drug-likeness (QED) is 0.706. The molecule has 162 valence electrons. The number of alkyl halides is 7. The van der Waals surface area contributed by atoms with Gasteiger partial charge in [-0.15, -0.1) is 0 Å². The van der Waals surface area contributed by atoms with Gasteiger partial charge in [0.1, 0.15) is 5.71 Å². The summed E-state index contributed by atoms with van der Waals surface area (Å²) in [7, 11) is 0. The minimum absolute atomic E-state index is 0.117. The Kier molecular flexibility index (Phi) is 5.32. The summed E-state index contributed by atoms with van der Waals surface area (Å²) in [5, 5.41) is 14.1. The van der Waals surface area contributed by atoms with Crippen LogP contribution in [0.4, 0.5) is 30.7 Å². The third-order valence-corrected chi connectivity index (χ3v) is 4.79. The molecule has 29 heavy (non-hydrogen) atoms. The molecule has 1 aliphatic heterocycles. The molecule has 0 fully saturated rings. The molecule has 0 spiro atoms. The van der Waals surface area contributed by atoms with Crippen LogP contribution in [0.2, 0.25) is 0 Å². The summed E-state index contributed by atoms with van der Waals surface area (Å²) in [5.41, 5.74) is -5.28. The monoisotopic (exact) mass is 428 g/mol. The highest BCUT2D eigenvalue weighted by Crippen LogP contribution is 2.51. The van der Waals surface area contributed by atoms with Gasteiger partial charge in [-0.3, -0.25) is 4.79 Å². The first-order chi connectivity index (χ1) is 12.9. The first-order valence-electron chi connectivity index (χ1n) is 8.40. The lowest BCUT2D eigenvalue weighted by Crippen LogP contribution is -2.58. The standard InChI is InChI=1S/C18H19F7N2O2/c1-10-5-7-11(8-6-10)13(28)27-15(29,14(2,3)4)9-12(26-27)16(19,20)17(21,22)18(23,24)25/h5-8,29H,9H2,1-4H3/t15-/m1/s1. The van der Waals surface area contributed by atoms with Crippen LogP contribution in [-0.4, -0.2) is 45.5 Å². The number of aliphatic hydroxyl groups is 1. The van der Waals surface area contributed by atoms with Crippen molar-refractivity contribution in [1.82, 2.24) is 5.01 Å². The minimum Gasteiger partial charge on any atom is -0.368 e. The molecule has 0 bridgehead atoms. The number of benzene rings is 1. The van der Waals surface area contributed by atoms with Crippen molar-refractivity contribution in [2.24, 2.45) is 10.5 Å². The molecule has 0 unspecified atom stereocenters. The van der Waals surface area contributed by atoms with Crippen molar-refractivity contribution >= 4 is 11.6 Å². The van der Waals surface area contributed by atoms with Crippen LogP contribution < -0.4 is 0 Å². The van der Waals surface area contributed by atoms with E-state index >= 15 is 0 Å². The molecular weight excluding hydrogens is 409 g/mol. The lowest BCUT2D eigenvalue weighted by atomic mass is 9.79. The van der Waals surface area contributed by atoms with Crippen LogP contribution in [-0.2, 0) is 0 Å². The molecule has 0 aliphatic carbocycles. The summed E-state index contributed by atoms with van der Waals surface area (Å²) in [5.74, 6) is -13.3. The van der Waals surface area contributed by atoms with Gasteiger partial charge in [0.15, 0.2) is 5.72 Å². The molecule has 1 N–H and O–H groups in total. The molecule has 4 nitrogen and oxygen atoms in total. The van der Waals surface area contributed by atoms with Crippen molar-refractivity contribution in [2.45, 2.75) is 57.9 Å². The topological polar surface area (TPSA) is 52.9 Å². The summed E-state index contributed by atoms with van der Waals surface area (Å²) in [6, 6.07) is 5.57. The zero-order valence-corrected chi connectivity index (χ0v) is 15.9. The van der Waals surface area contributed by atoms with Crippen molar-refractivity contribution in [1.29, 1.82) is 0 Å². The van der Waals surface area contributed by atoms with E-state index in [1.54, 1.807) is 6.92 Å². The number of rotatable bonds is 3. The Bertz CT molecular complexity index is 826. The van der Waals surface area contributed by atoms with Crippen molar-refractivity contribution in [2.75, 3.05) is 0 Å². The van der Waals surface area contributed by atoms with Crippen molar-refractivity contribution in [3.63, 3.8) is 0 Å². The fourth-order valence-corrected chi connectivity index (χ4v) is 2.69. The average molecular weight is 428 g/mol. The van der Waals surface area contributed by atoms with E-state index in [1.807, 2.05) is 0 Å². The van der Waals surface area contributed by atoms with Gasteiger partial charge in [0, 0.05) is 17.4 Å². The van der Waals surface area contributed by atoms with E-state index in [1.165, 1.54) is 45.0 Å². The maximum Gasteiger partial charge on any atom is 0.460 e. The van der Waals surface area contributed by atoms with Gasteiger partial charge in [0.05, 0.1) is 0 Å². The molecule has 0 radical (unpaired) electrons. The molecule has 0 saturated heterocycles. The van der Waals surface area contributed by atoms with Gasteiger partial charge in [0.2, 0.25) is 0 Å². The third-order valence-electron chi connectivity index (χ3n) is 4.79. The second kappa shape index (κ2) is 6.68. The second-order valence-corrected chi connectivity index (χ2v) is 7.92. The summed E-state index contributed by atoms with van der Waals surface area (Å²) >= 11 is 0. The van der Waals surface area contributed by atoms with Gasteiger partial charge in [0.25, 0.3) is 5.91 Å². The Morgan fingerprint density at radius 2 is 1.52 bits per heavy atom. The number of hydrogen-bond acceptors (Lipinski definition) is 3. The Balaban J connectivity index is 2.59. The molecule has 1 aliphatic rings. The van der Waals surface area contributed by atoms with Crippen LogP contribution in [0, 0.1) is 12.3 Å². The highest BCUT2D eigenvalue weighted by molar-refractivity contribution is 6.00. The Labute approximate surface area is 162 Å². The predicted molar refractivity (Wildman–Crippen MR) is 89.8 cm³/mol. The van der Waals surface area contributed by atoms with Crippen molar-refractivity contribution in [3.8, 4) is 0 Å². The number of halogens is 7. The number of hydrogen-bond donors (Lipinski definition) is 1. The molecule has 2 rings (SSSR count). The molecule has 1 aromatic carbocycles. The number of aryl methyl sites for hydroxylation is 1. The molecule has 0 saturated carbocycles. The molecule has 11 heteroatoms. The van der Waals surface area contributed by atoms with E-state index in [-0.39, 0.29) is 10.6 Å². The first kappa shape index (κ1) is 23.1. The predicted octanol–water partition coefficient (Wildman–Crippen LogP) is 4.76. The lowest BCUT2D eigenvalue weighted by Gasteiger charge is -2.41. The smallest absolute Gasteiger partial charge is 0.368 e. The highest BCUT2D eigenvalue weighted by atomic mass is 19.4. The fourth-order valence-electron chi connectivity index (χ4n) is 2.69. The van der Waals surface area contributed by atoms with E-state index in [9.17, 15) is 40.6 Å². The van der Waals surface area contributed by atoms with Crippen LogP contribution >= 0.6 is 0 Å². The van der Waals surface area contributed by atoms with E-state index in [0.29, 0.717) is 0 Å². The molecule has 1 aromatic rings. The molecule has 1 heterocycles. The van der Waals surface area contributed by atoms with Crippen LogP contribution in [0.5, 0.6) is 0 Å². The minimum atomic E-state index is -6.56.